The Kier molecular flexibility index (Phi) is 2.63. The van der Waals surface area contributed by atoms with Gasteiger partial charge in [0.05, 0.1) is 5.52 Å². The summed E-state index contributed by atoms with van der Waals surface area (Å²) in [5.41, 5.74) is 5.68. The molecule has 0 saturated carbocycles. The SMILES string of the molecule is CC(C)(C)c1cccc(-c2cccc3[nH]nnc23)c1. The zero-order valence-electron chi connectivity index (χ0n) is 11.4. The van der Waals surface area contributed by atoms with Gasteiger partial charge in [0.2, 0.25) is 0 Å². The van der Waals surface area contributed by atoms with Crippen molar-refractivity contribution in [2.24, 2.45) is 0 Å². The fraction of sp³-hybridized carbons (Fsp3) is 0.250. The molecule has 19 heavy (non-hydrogen) atoms. The third kappa shape index (κ3) is 2.12. The second-order valence-electron chi connectivity index (χ2n) is 5.84. The Labute approximate surface area is 112 Å². The number of aromatic nitrogens is 3. The Balaban J connectivity index is 2.19. The Morgan fingerprint density at radius 2 is 1.79 bits per heavy atom. The predicted octanol–water partition coefficient (Wildman–Crippen LogP) is 3.92. The smallest absolute Gasteiger partial charge is 0.120 e. The van der Waals surface area contributed by atoms with Crippen LogP contribution in [0, 0.1) is 0 Å². The summed E-state index contributed by atoms with van der Waals surface area (Å²) in [6, 6.07) is 14.8. The largest absolute Gasteiger partial charge is 0.258 e. The van der Waals surface area contributed by atoms with Crippen LogP contribution >= 0.6 is 0 Å². The van der Waals surface area contributed by atoms with Gasteiger partial charge in [-0.1, -0.05) is 62.4 Å². The van der Waals surface area contributed by atoms with Gasteiger partial charge in [-0.25, -0.2) is 0 Å². The average Bonchev–Trinajstić information content (AvgIpc) is 2.86. The molecular weight excluding hydrogens is 234 g/mol. The summed E-state index contributed by atoms with van der Waals surface area (Å²) in [6.45, 7) is 6.67. The molecule has 0 aliphatic heterocycles. The van der Waals surface area contributed by atoms with Gasteiger partial charge in [-0.3, -0.25) is 5.10 Å². The third-order valence-corrected chi connectivity index (χ3v) is 3.40. The zero-order valence-corrected chi connectivity index (χ0v) is 11.4. The molecule has 0 fully saturated rings. The van der Waals surface area contributed by atoms with Gasteiger partial charge in [0, 0.05) is 5.56 Å². The van der Waals surface area contributed by atoms with Crippen LogP contribution in [0.25, 0.3) is 22.2 Å². The van der Waals surface area contributed by atoms with Crippen LogP contribution in [0.4, 0.5) is 0 Å². The molecule has 2 aromatic carbocycles. The highest BCUT2D eigenvalue weighted by Crippen LogP contribution is 2.30. The predicted molar refractivity (Wildman–Crippen MR) is 78.0 cm³/mol. The first-order chi connectivity index (χ1) is 9.05. The minimum atomic E-state index is 0.147. The average molecular weight is 251 g/mol. The van der Waals surface area contributed by atoms with Gasteiger partial charge in [0.1, 0.15) is 5.52 Å². The van der Waals surface area contributed by atoms with Crippen molar-refractivity contribution in [2.75, 3.05) is 0 Å². The molecule has 1 aromatic heterocycles. The van der Waals surface area contributed by atoms with Crippen molar-refractivity contribution in [3.05, 3.63) is 48.0 Å². The molecule has 3 aromatic rings. The lowest BCUT2D eigenvalue weighted by Crippen LogP contribution is -2.10. The molecule has 96 valence electrons. The van der Waals surface area contributed by atoms with Crippen LogP contribution in [0.5, 0.6) is 0 Å². The number of H-pyrrole nitrogens is 1. The summed E-state index contributed by atoms with van der Waals surface area (Å²) in [5.74, 6) is 0. The van der Waals surface area contributed by atoms with Crippen LogP contribution in [0.1, 0.15) is 26.3 Å². The number of benzene rings is 2. The van der Waals surface area contributed by atoms with Crippen molar-refractivity contribution < 1.29 is 0 Å². The van der Waals surface area contributed by atoms with Crippen LogP contribution < -0.4 is 0 Å². The van der Waals surface area contributed by atoms with Gasteiger partial charge in [-0.05, 0) is 22.6 Å². The molecule has 0 saturated heterocycles. The minimum Gasteiger partial charge on any atom is -0.258 e. The maximum absolute atomic E-state index is 4.18. The summed E-state index contributed by atoms with van der Waals surface area (Å²) in [4.78, 5) is 0. The molecule has 0 atom stereocenters. The topological polar surface area (TPSA) is 41.6 Å². The number of hydrogen-bond donors (Lipinski definition) is 1. The van der Waals surface area contributed by atoms with Crippen molar-refractivity contribution in [3.63, 3.8) is 0 Å². The molecule has 0 aliphatic carbocycles. The number of aromatic amines is 1. The van der Waals surface area contributed by atoms with E-state index in [-0.39, 0.29) is 5.41 Å². The summed E-state index contributed by atoms with van der Waals surface area (Å²) in [5, 5.41) is 11.0. The van der Waals surface area contributed by atoms with E-state index in [2.05, 4.69) is 66.5 Å². The highest BCUT2D eigenvalue weighted by atomic mass is 15.3. The number of fused-ring (bicyclic) bond motifs is 1. The quantitative estimate of drug-likeness (QED) is 0.712. The number of nitrogens with one attached hydrogen (secondary N) is 1. The highest BCUT2D eigenvalue weighted by molar-refractivity contribution is 5.91. The Morgan fingerprint density at radius 1 is 1.00 bits per heavy atom. The van der Waals surface area contributed by atoms with Crippen LogP contribution in [0.2, 0.25) is 0 Å². The summed E-state index contributed by atoms with van der Waals surface area (Å²) in [6.07, 6.45) is 0. The van der Waals surface area contributed by atoms with Gasteiger partial charge < -0.3 is 0 Å². The summed E-state index contributed by atoms with van der Waals surface area (Å²) in [7, 11) is 0. The maximum atomic E-state index is 4.18. The van der Waals surface area contributed by atoms with Crippen molar-refractivity contribution in [3.8, 4) is 11.1 Å². The van der Waals surface area contributed by atoms with Crippen LogP contribution in [-0.4, -0.2) is 15.4 Å². The van der Waals surface area contributed by atoms with Gasteiger partial charge in [-0.15, -0.1) is 5.10 Å². The van der Waals surface area contributed by atoms with Crippen LogP contribution in [0.3, 0.4) is 0 Å². The van der Waals surface area contributed by atoms with E-state index in [4.69, 9.17) is 0 Å². The van der Waals surface area contributed by atoms with E-state index < -0.39 is 0 Å². The van der Waals surface area contributed by atoms with Crippen LogP contribution in [-0.2, 0) is 5.41 Å². The van der Waals surface area contributed by atoms with Gasteiger partial charge in [0.15, 0.2) is 0 Å². The highest BCUT2D eigenvalue weighted by Gasteiger charge is 2.15. The lowest BCUT2D eigenvalue weighted by atomic mass is 9.85. The normalized spacial score (nSPS) is 11.9. The Morgan fingerprint density at radius 3 is 2.58 bits per heavy atom. The maximum Gasteiger partial charge on any atom is 0.120 e. The summed E-state index contributed by atoms with van der Waals surface area (Å²) >= 11 is 0. The molecular formula is C16H17N3. The first-order valence-corrected chi connectivity index (χ1v) is 6.46. The molecule has 3 heteroatoms. The molecule has 0 bridgehead atoms. The number of hydrogen-bond acceptors (Lipinski definition) is 2. The van der Waals surface area contributed by atoms with E-state index in [0.717, 1.165) is 16.6 Å². The van der Waals surface area contributed by atoms with Gasteiger partial charge in [0.25, 0.3) is 0 Å². The van der Waals surface area contributed by atoms with Crippen molar-refractivity contribution in [1.29, 1.82) is 0 Å². The fourth-order valence-corrected chi connectivity index (χ4v) is 2.26. The molecule has 0 unspecified atom stereocenters. The van der Waals surface area contributed by atoms with Crippen LogP contribution in [0.15, 0.2) is 42.5 Å². The second-order valence-corrected chi connectivity index (χ2v) is 5.84. The molecule has 3 nitrogen and oxygen atoms in total. The lowest BCUT2D eigenvalue weighted by Gasteiger charge is -2.19. The monoisotopic (exact) mass is 251 g/mol. The first-order valence-electron chi connectivity index (χ1n) is 6.46. The minimum absolute atomic E-state index is 0.147. The molecule has 0 amide bonds. The third-order valence-electron chi connectivity index (χ3n) is 3.40. The zero-order chi connectivity index (χ0) is 13.5. The second kappa shape index (κ2) is 4.19. The van der Waals surface area contributed by atoms with Crippen molar-refractivity contribution in [2.45, 2.75) is 26.2 Å². The van der Waals surface area contributed by atoms with Crippen molar-refractivity contribution in [1.82, 2.24) is 15.4 Å². The van der Waals surface area contributed by atoms with E-state index >= 15 is 0 Å². The van der Waals surface area contributed by atoms with E-state index in [9.17, 15) is 0 Å². The number of rotatable bonds is 1. The fourth-order valence-electron chi connectivity index (χ4n) is 2.26. The number of nitrogens with zero attached hydrogens (tertiary/aromatic N) is 2. The Bertz CT molecular complexity index is 720. The van der Waals surface area contributed by atoms with E-state index in [1.165, 1.54) is 11.1 Å². The van der Waals surface area contributed by atoms with E-state index in [1.807, 2.05) is 12.1 Å². The van der Waals surface area contributed by atoms with Gasteiger partial charge in [-0.2, -0.15) is 0 Å². The lowest BCUT2D eigenvalue weighted by molar-refractivity contribution is 0.590. The van der Waals surface area contributed by atoms with Gasteiger partial charge >= 0.3 is 0 Å². The molecule has 0 radical (unpaired) electrons. The molecule has 0 aliphatic rings. The Hall–Kier alpha value is -2.16. The molecule has 1 heterocycles. The summed E-state index contributed by atoms with van der Waals surface area (Å²) < 4.78 is 0. The molecule has 1 N–H and O–H groups in total. The first kappa shape index (κ1) is 11.9. The standard InChI is InChI=1S/C16H17N3/c1-16(2,3)12-7-4-6-11(10-12)13-8-5-9-14-15(13)18-19-17-14/h4-10H,1-3H3,(H,17,18,19). The van der Waals surface area contributed by atoms with Crippen molar-refractivity contribution >= 4 is 11.0 Å². The molecule has 0 spiro atoms. The van der Waals surface area contributed by atoms with E-state index in [1.54, 1.807) is 0 Å². The van der Waals surface area contributed by atoms with E-state index in [0.29, 0.717) is 0 Å². The molecule has 3 rings (SSSR count).